The van der Waals surface area contributed by atoms with Crippen molar-refractivity contribution in [3.8, 4) is 0 Å². The second-order valence-corrected chi connectivity index (χ2v) is 9.26. The SMILES string of the molecule is Cc1nc2ccccn2c1C([O-])=C1C(=O)C(=O)N(CCC[NH+]2CCOCC2)C1c1ccc([N+](=O)[O-])cc1. The van der Waals surface area contributed by atoms with Gasteiger partial charge in [-0.1, -0.05) is 11.8 Å². The number of benzene rings is 1. The Bertz CT molecular complexity index is 1390. The minimum atomic E-state index is -0.943. The highest BCUT2D eigenvalue weighted by Crippen LogP contribution is 2.39. The van der Waals surface area contributed by atoms with Gasteiger partial charge in [0.25, 0.3) is 11.6 Å². The number of Topliss-reactive ketones (excluding diaryl/α,β-unsaturated/α-hetero) is 1. The molecule has 1 unspecified atom stereocenters. The molecule has 1 atom stereocenters. The Morgan fingerprint density at radius 3 is 2.59 bits per heavy atom. The van der Waals surface area contributed by atoms with Gasteiger partial charge in [-0.25, -0.2) is 4.98 Å². The van der Waals surface area contributed by atoms with Crippen molar-refractivity contribution in [2.75, 3.05) is 39.4 Å². The summed E-state index contributed by atoms with van der Waals surface area (Å²) in [4.78, 5) is 44.4. The lowest BCUT2D eigenvalue weighted by Gasteiger charge is -2.29. The first-order valence-corrected chi connectivity index (χ1v) is 12.2. The number of nitrogens with zero attached hydrogens (tertiary/aromatic N) is 4. The first-order valence-electron chi connectivity index (χ1n) is 12.2. The highest BCUT2D eigenvalue weighted by molar-refractivity contribution is 6.46. The van der Waals surface area contributed by atoms with E-state index in [1.54, 1.807) is 35.7 Å². The molecule has 0 bridgehead atoms. The summed E-state index contributed by atoms with van der Waals surface area (Å²) in [5.74, 6) is -2.16. The number of aromatic nitrogens is 2. The van der Waals surface area contributed by atoms with Gasteiger partial charge in [0, 0.05) is 36.9 Å². The maximum Gasteiger partial charge on any atom is 0.295 e. The zero-order chi connectivity index (χ0) is 26.1. The molecule has 2 aliphatic heterocycles. The molecule has 2 aliphatic rings. The number of rotatable bonds is 7. The molecule has 0 radical (unpaired) electrons. The van der Waals surface area contributed by atoms with E-state index in [1.807, 2.05) is 0 Å². The zero-order valence-corrected chi connectivity index (χ0v) is 20.4. The van der Waals surface area contributed by atoms with E-state index in [0.717, 1.165) is 19.6 Å². The number of ketones is 1. The number of non-ortho nitro benzene ring substituents is 1. The molecule has 2 fully saturated rings. The number of nitro groups is 1. The van der Waals surface area contributed by atoms with E-state index in [9.17, 15) is 24.8 Å². The van der Waals surface area contributed by atoms with Crippen molar-refractivity contribution >= 4 is 28.8 Å². The molecule has 11 nitrogen and oxygen atoms in total. The minimum absolute atomic E-state index is 0.118. The Kier molecular flexibility index (Phi) is 6.72. The van der Waals surface area contributed by atoms with Crippen molar-refractivity contribution in [1.82, 2.24) is 14.3 Å². The lowest BCUT2D eigenvalue weighted by atomic mass is 9.96. The van der Waals surface area contributed by atoms with Crippen LogP contribution in [0.2, 0.25) is 0 Å². The number of imidazole rings is 1. The van der Waals surface area contributed by atoms with Crippen LogP contribution in [0.15, 0.2) is 54.2 Å². The molecule has 192 valence electrons. The Labute approximate surface area is 212 Å². The minimum Gasteiger partial charge on any atom is -0.871 e. The van der Waals surface area contributed by atoms with Gasteiger partial charge in [0.2, 0.25) is 5.78 Å². The predicted octanol–water partition coefficient (Wildman–Crippen LogP) is 0.0801. The number of morpholine rings is 1. The highest BCUT2D eigenvalue weighted by Gasteiger charge is 2.44. The van der Waals surface area contributed by atoms with E-state index >= 15 is 0 Å². The molecule has 0 aliphatic carbocycles. The standard InChI is InChI=1S/C26H27N5O6/c1-17-22(29-11-3-2-5-20(29)27-17)24(32)21-23(18-6-8-19(9-7-18)31(35)36)30(26(34)25(21)33)12-4-10-28-13-15-37-16-14-28/h2-3,5-9,11,23,32H,4,10,12-16H2,1H3. The van der Waals surface area contributed by atoms with Crippen molar-refractivity contribution in [2.24, 2.45) is 0 Å². The van der Waals surface area contributed by atoms with Crippen LogP contribution in [0, 0.1) is 17.0 Å². The van der Waals surface area contributed by atoms with Crippen LogP contribution in [-0.2, 0) is 14.3 Å². The van der Waals surface area contributed by atoms with Gasteiger partial charge in [-0.2, -0.15) is 0 Å². The first-order chi connectivity index (χ1) is 17.9. The quantitative estimate of drug-likeness (QED) is 0.158. The summed E-state index contributed by atoms with van der Waals surface area (Å²) in [6, 6.07) is 10.0. The fourth-order valence-electron chi connectivity index (χ4n) is 5.15. The molecule has 4 heterocycles. The van der Waals surface area contributed by atoms with Crippen LogP contribution in [0.3, 0.4) is 0 Å². The summed E-state index contributed by atoms with van der Waals surface area (Å²) in [5, 5.41) is 25.1. The van der Waals surface area contributed by atoms with Crippen LogP contribution in [0.25, 0.3) is 11.4 Å². The molecular weight excluding hydrogens is 478 g/mol. The lowest BCUT2D eigenvalue weighted by molar-refractivity contribution is -0.908. The lowest BCUT2D eigenvalue weighted by Crippen LogP contribution is -3.14. The van der Waals surface area contributed by atoms with Crippen LogP contribution in [0.5, 0.6) is 0 Å². The number of nitrogens with one attached hydrogen (secondary N) is 1. The first kappa shape index (κ1) is 24.6. The summed E-state index contributed by atoms with van der Waals surface area (Å²) in [5.41, 5.74) is 1.41. The fraction of sp³-hybridized carbons (Fsp3) is 0.346. The molecule has 0 spiro atoms. The second kappa shape index (κ2) is 10.1. The number of aryl methyl sites for hydroxylation is 1. The van der Waals surface area contributed by atoms with Gasteiger partial charge >= 0.3 is 0 Å². The maximum atomic E-state index is 13.9. The average molecular weight is 506 g/mol. The van der Waals surface area contributed by atoms with Crippen molar-refractivity contribution in [2.45, 2.75) is 19.4 Å². The van der Waals surface area contributed by atoms with Gasteiger partial charge < -0.3 is 24.0 Å². The number of likely N-dealkylation sites (tertiary alicyclic amines) is 1. The largest absolute Gasteiger partial charge is 0.871 e. The normalized spacial score (nSPS) is 20.1. The molecule has 0 saturated carbocycles. The Morgan fingerprint density at radius 2 is 1.89 bits per heavy atom. The number of pyridine rings is 1. The summed E-state index contributed by atoms with van der Waals surface area (Å²) < 4.78 is 7.01. The van der Waals surface area contributed by atoms with Crippen molar-refractivity contribution in [3.05, 3.63) is 81.3 Å². The van der Waals surface area contributed by atoms with Gasteiger partial charge in [0.05, 0.1) is 42.1 Å². The highest BCUT2D eigenvalue weighted by atomic mass is 16.6. The smallest absolute Gasteiger partial charge is 0.295 e. The third-order valence-corrected chi connectivity index (χ3v) is 7.00. The molecule has 2 aromatic heterocycles. The van der Waals surface area contributed by atoms with E-state index in [4.69, 9.17) is 4.74 Å². The van der Waals surface area contributed by atoms with E-state index in [0.29, 0.717) is 36.5 Å². The topological polar surface area (TPSA) is 135 Å². The van der Waals surface area contributed by atoms with E-state index in [1.165, 1.54) is 34.1 Å². The van der Waals surface area contributed by atoms with Crippen molar-refractivity contribution < 1.29 is 29.3 Å². The average Bonchev–Trinajstić information content (AvgIpc) is 3.37. The summed E-state index contributed by atoms with van der Waals surface area (Å²) in [6.07, 6.45) is 2.32. The number of fused-ring (bicyclic) bond motifs is 1. The summed E-state index contributed by atoms with van der Waals surface area (Å²) in [7, 11) is 0. The molecule has 37 heavy (non-hydrogen) atoms. The number of nitro benzene ring substituents is 1. The van der Waals surface area contributed by atoms with Crippen molar-refractivity contribution in [1.29, 1.82) is 0 Å². The number of hydrogen-bond acceptors (Lipinski definition) is 7. The zero-order valence-electron chi connectivity index (χ0n) is 20.4. The molecule has 11 heteroatoms. The van der Waals surface area contributed by atoms with Crippen LogP contribution >= 0.6 is 0 Å². The molecule has 1 aromatic carbocycles. The number of ether oxygens (including phenoxy) is 1. The molecule has 5 rings (SSSR count). The van der Waals surface area contributed by atoms with Gasteiger partial charge in [-0.3, -0.25) is 19.7 Å². The Morgan fingerprint density at radius 1 is 1.16 bits per heavy atom. The molecular formula is C26H27N5O6. The number of quaternary nitrogens is 1. The number of carbonyl (C=O) groups is 2. The monoisotopic (exact) mass is 505 g/mol. The number of carbonyl (C=O) groups excluding carboxylic acids is 2. The number of hydrogen-bond donors (Lipinski definition) is 1. The third-order valence-electron chi connectivity index (χ3n) is 7.00. The summed E-state index contributed by atoms with van der Waals surface area (Å²) in [6.45, 7) is 5.89. The molecule has 1 amide bonds. The molecule has 3 aromatic rings. The van der Waals surface area contributed by atoms with Crippen LogP contribution in [0.4, 0.5) is 5.69 Å². The maximum absolute atomic E-state index is 13.9. The predicted molar refractivity (Wildman–Crippen MR) is 130 cm³/mol. The Balaban J connectivity index is 1.56. The van der Waals surface area contributed by atoms with Crippen molar-refractivity contribution in [3.63, 3.8) is 0 Å². The molecule has 2 saturated heterocycles. The van der Waals surface area contributed by atoms with E-state index in [2.05, 4.69) is 4.98 Å². The van der Waals surface area contributed by atoms with Gasteiger partial charge in [0.1, 0.15) is 18.7 Å². The summed E-state index contributed by atoms with van der Waals surface area (Å²) >= 11 is 0. The van der Waals surface area contributed by atoms with Crippen LogP contribution in [0.1, 0.15) is 29.4 Å². The van der Waals surface area contributed by atoms with E-state index in [-0.39, 0.29) is 23.5 Å². The van der Waals surface area contributed by atoms with Gasteiger partial charge in [-0.05, 0) is 36.8 Å². The fourth-order valence-corrected chi connectivity index (χ4v) is 5.15. The van der Waals surface area contributed by atoms with E-state index < -0.39 is 28.4 Å². The Hall–Kier alpha value is -4.09. The van der Waals surface area contributed by atoms with Gasteiger partial charge in [0.15, 0.2) is 0 Å². The van der Waals surface area contributed by atoms with Crippen LogP contribution in [-0.4, -0.2) is 70.3 Å². The molecule has 1 N–H and O–H groups in total. The number of amides is 1. The van der Waals surface area contributed by atoms with Gasteiger partial charge in [-0.15, -0.1) is 0 Å². The third kappa shape index (κ3) is 4.58. The second-order valence-electron chi connectivity index (χ2n) is 9.26. The van der Waals surface area contributed by atoms with Crippen LogP contribution < -0.4 is 10.0 Å².